The quantitative estimate of drug-likeness (QED) is 0.301. The van der Waals surface area contributed by atoms with E-state index in [9.17, 15) is 0 Å². The zero-order chi connectivity index (χ0) is 9.78. The Kier molecular flexibility index (Phi) is 11.8. The first kappa shape index (κ1) is 12.9. The van der Waals surface area contributed by atoms with Gasteiger partial charge in [0.1, 0.15) is 0 Å². The van der Waals surface area contributed by atoms with Crippen molar-refractivity contribution in [2.75, 3.05) is 13.2 Å². The van der Waals surface area contributed by atoms with Gasteiger partial charge in [-0.2, -0.15) is 0 Å². The summed E-state index contributed by atoms with van der Waals surface area (Å²) < 4.78 is 0. The van der Waals surface area contributed by atoms with Gasteiger partial charge in [0.05, 0.1) is 13.2 Å². The summed E-state index contributed by atoms with van der Waals surface area (Å²) in [5.41, 5.74) is 0. The molecule has 0 atom stereocenters. The van der Waals surface area contributed by atoms with Crippen molar-refractivity contribution in [1.29, 1.82) is 0 Å². The maximum absolute atomic E-state index is 4.79. The predicted octanol–water partition coefficient (Wildman–Crippen LogP) is 3.25. The first-order valence-electron chi connectivity index (χ1n) is 5.32. The normalized spacial score (nSPS) is 10.6. The lowest BCUT2D eigenvalue weighted by molar-refractivity contribution is -0.512. The highest BCUT2D eigenvalue weighted by Crippen LogP contribution is 2.02. The average Bonchev–Trinajstić information content (AvgIpc) is 2.16. The second-order valence-corrected chi connectivity index (χ2v) is 3.13. The molecule has 13 heavy (non-hydrogen) atoms. The fraction of sp³-hybridized carbons (Fsp3) is 1.00. The van der Waals surface area contributed by atoms with Gasteiger partial charge in [-0.1, -0.05) is 44.6 Å². The summed E-state index contributed by atoms with van der Waals surface area (Å²) in [6.07, 6.45) is 7.08. The Bertz CT molecular complexity index is 76.2. The van der Waals surface area contributed by atoms with Gasteiger partial charge in [0.2, 0.25) is 0 Å². The van der Waals surface area contributed by atoms with Crippen LogP contribution in [0.25, 0.3) is 0 Å². The van der Waals surface area contributed by atoms with Gasteiger partial charge >= 0.3 is 0 Å². The van der Waals surface area contributed by atoms with Crippen LogP contribution < -0.4 is 0 Å². The molecule has 0 radical (unpaired) electrons. The van der Waals surface area contributed by atoms with Crippen molar-refractivity contribution in [2.45, 2.75) is 52.4 Å². The fourth-order valence-corrected chi connectivity index (χ4v) is 0.950. The summed E-state index contributed by atoms with van der Waals surface area (Å²) in [7, 11) is 0. The summed E-state index contributed by atoms with van der Waals surface area (Å²) in [5, 5.41) is 4.48. The molecule has 0 amide bonds. The Hall–Kier alpha value is -0.120. The molecule has 0 aromatic heterocycles. The second kappa shape index (κ2) is 11.9. The van der Waals surface area contributed by atoms with Gasteiger partial charge in [-0.15, -0.1) is 0 Å². The summed E-state index contributed by atoms with van der Waals surface area (Å²) >= 11 is 0. The predicted molar refractivity (Wildman–Crippen MR) is 52.0 cm³/mol. The third-order valence-electron chi connectivity index (χ3n) is 1.71. The molecule has 0 heterocycles. The van der Waals surface area contributed by atoms with E-state index in [0.717, 1.165) is 12.8 Å². The molecule has 0 spiro atoms. The smallest absolute Gasteiger partial charge is 0.0853 e. The van der Waals surface area contributed by atoms with Gasteiger partial charge in [0, 0.05) is 0 Å². The average molecular weight is 190 g/mol. The topological polar surface area (TPSA) is 27.7 Å². The lowest BCUT2D eigenvalue weighted by Gasteiger charge is -2.01. The molecule has 0 rings (SSSR count). The number of rotatable bonds is 10. The number of unbranched alkanes of at least 4 members (excludes halogenated alkanes) is 4. The maximum atomic E-state index is 4.79. The Balaban J connectivity index is 2.76. The van der Waals surface area contributed by atoms with E-state index in [1.54, 1.807) is 0 Å². The monoisotopic (exact) mass is 190 g/mol. The van der Waals surface area contributed by atoms with Crippen molar-refractivity contribution in [1.82, 2.24) is 0 Å². The van der Waals surface area contributed by atoms with Crippen LogP contribution in [0.2, 0.25) is 0 Å². The van der Waals surface area contributed by atoms with Crippen LogP contribution in [0.4, 0.5) is 0 Å². The summed E-state index contributed by atoms with van der Waals surface area (Å²) in [6.45, 7) is 5.45. The minimum absolute atomic E-state index is 0.593. The molecule has 0 N–H and O–H groups in total. The lowest BCUT2D eigenvalue weighted by atomic mass is 10.2. The molecule has 3 nitrogen and oxygen atoms in total. The van der Waals surface area contributed by atoms with E-state index in [1.165, 1.54) is 25.7 Å². The van der Waals surface area contributed by atoms with Crippen molar-refractivity contribution in [2.24, 2.45) is 0 Å². The second-order valence-electron chi connectivity index (χ2n) is 3.13. The van der Waals surface area contributed by atoms with E-state index in [4.69, 9.17) is 4.89 Å². The zero-order valence-electron chi connectivity index (χ0n) is 8.88. The molecule has 80 valence electrons. The molecule has 0 bridgehead atoms. The van der Waals surface area contributed by atoms with Crippen molar-refractivity contribution in [3.63, 3.8) is 0 Å². The van der Waals surface area contributed by atoms with Gasteiger partial charge < -0.3 is 0 Å². The molecular weight excluding hydrogens is 168 g/mol. The van der Waals surface area contributed by atoms with E-state index in [-0.39, 0.29) is 0 Å². The van der Waals surface area contributed by atoms with Gasteiger partial charge in [-0.05, 0) is 12.8 Å². The first-order chi connectivity index (χ1) is 6.41. The highest BCUT2D eigenvalue weighted by molar-refractivity contribution is 4.39. The van der Waals surface area contributed by atoms with Gasteiger partial charge in [0.25, 0.3) is 0 Å². The molecule has 0 saturated carbocycles. The molecule has 0 aliphatic carbocycles. The standard InChI is InChI=1S/C10H22O3/c1-3-5-6-7-8-10-12-13-11-9-4-2/h3-10H2,1-2H3. The van der Waals surface area contributed by atoms with Crippen molar-refractivity contribution in [3.8, 4) is 0 Å². The minimum atomic E-state index is 0.593. The third-order valence-corrected chi connectivity index (χ3v) is 1.71. The molecule has 0 aliphatic rings. The van der Waals surface area contributed by atoms with Crippen LogP contribution in [-0.4, -0.2) is 13.2 Å². The van der Waals surface area contributed by atoms with Crippen molar-refractivity contribution < 1.29 is 14.8 Å². The largest absolute Gasteiger partial charge is 0.206 e. The Morgan fingerprint density at radius 1 is 0.692 bits per heavy atom. The molecule has 0 aromatic carbocycles. The molecule has 0 saturated heterocycles. The van der Waals surface area contributed by atoms with Gasteiger partial charge in [0.15, 0.2) is 0 Å². The van der Waals surface area contributed by atoms with Crippen LogP contribution in [-0.2, 0) is 14.8 Å². The molecule has 0 aliphatic heterocycles. The molecule has 0 aromatic rings. The van der Waals surface area contributed by atoms with E-state index >= 15 is 0 Å². The Labute approximate surface area is 81.2 Å². The Morgan fingerprint density at radius 2 is 1.38 bits per heavy atom. The Morgan fingerprint density at radius 3 is 2.08 bits per heavy atom. The van der Waals surface area contributed by atoms with E-state index in [0.29, 0.717) is 13.2 Å². The van der Waals surface area contributed by atoms with Crippen LogP contribution in [0, 0.1) is 0 Å². The van der Waals surface area contributed by atoms with Crippen LogP contribution in [0.1, 0.15) is 52.4 Å². The van der Waals surface area contributed by atoms with Crippen LogP contribution in [0.15, 0.2) is 0 Å². The summed E-state index contributed by atoms with van der Waals surface area (Å²) in [5.74, 6) is 0. The van der Waals surface area contributed by atoms with Crippen molar-refractivity contribution >= 4 is 0 Å². The summed E-state index contributed by atoms with van der Waals surface area (Å²) in [4.78, 5) is 9.48. The highest BCUT2D eigenvalue weighted by atomic mass is 17.5. The van der Waals surface area contributed by atoms with E-state index < -0.39 is 0 Å². The van der Waals surface area contributed by atoms with E-state index in [2.05, 4.69) is 16.8 Å². The first-order valence-corrected chi connectivity index (χ1v) is 5.32. The number of hydrogen-bond donors (Lipinski definition) is 0. The minimum Gasteiger partial charge on any atom is -0.206 e. The third kappa shape index (κ3) is 11.9. The van der Waals surface area contributed by atoms with Crippen LogP contribution in [0.5, 0.6) is 0 Å². The zero-order valence-corrected chi connectivity index (χ0v) is 8.88. The molecular formula is C10H22O3. The molecule has 0 fully saturated rings. The lowest BCUT2D eigenvalue weighted by Crippen LogP contribution is -1.99. The van der Waals surface area contributed by atoms with Gasteiger partial charge in [-0.25, -0.2) is 9.78 Å². The van der Waals surface area contributed by atoms with Gasteiger partial charge in [-0.3, -0.25) is 0 Å². The highest BCUT2D eigenvalue weighted by Gasteiger charge is 1.91. The van der Waals surface area contributed by atoms with E-state index in [1.807, 2.05) is 6.92 Å². The molecule has 0 unspecified atom stereocenters. The molecule has 3 heteroatoms. The SMILES string of the molecule is CCCCCCCOOOCCC. The number of hydrogen-bond acceptors (Lipinski definition) is 3. The van der Waals surface area contributed by atoms with Crippen LogP contribution in [0.3, 0.4) is 0 Å². The summed E-state index contributed by atoms with van der Waals surface area (Å²) in [6, 6.07) is 0. The van der Waals surface area contributed by atoms with Crippen LogP contribution >= 0.6 is 0 Å². The maximum Gasteiger partial charge on any atom is 0.0853 e. The van der Waals surface area contributed by atoms with Crippen molar-refractivity contribution in [3.05, 3.63) is 0 Å². The fourth-order valence-electron chi connectivity index (χ4n) is 0.950.